The van der Waals surface area contributed by atoms with Crippen LogP contribution in [0.5, 0.6) is 0 Å². The maximum absolute atomic E-state index is 12.3. The smallest absolute Gasteiger partial charge is 0.222 e. The molecule has 0 aromatic carbocycles. The van der Waals surface area contributed by atoms with Crippen LogP contribution < -0.4 is 0 Å². The van der Waals surface area contributed by atoms with Crippen LogP contribution in [0.2, 0.25) is 0 Å². The van der Waals surface area contributed by atoms with Crippen molar-refractivity contribution in [3.05, 3.63) is 23.8 Å². The molecule has 0 radical (unpaired) electrons. The van der Waals surface area contributed by atoms with Gasteiger partial charge in [-0.2, -0.15) is 0 Å². The number of rotatable bonds is 8. The second-order valence-electron chi connectivity index (χ2n) is 9.89. The van der Waals surface area contributed by atoms with Crippen molar-refractivity contribution in [3.8, 4) is 11.8 Å². The predicted octanol–water partition coefficient (Wildman–Crippen LogP) is 4.47. The van der Waals surface area contributed by atoms with Gasteiger partial charge in [-0.3, -0.25) is 4.79 Å². The summed E-state index contributed by atoms with van der Waals surface area (Å²) < 4.78 is 0. The van der Waals surface area contributed by atoms with Crippen LogP contribution in [0, 0.1) is 35.5 Å². The lowest BCUT2D eigenvalue weighted by Gasteiger charge is -2.26. The van der Waals surface area contributed by atoms with Crippen molar-refractivity contribution in [2.24, 2.45) is 23.7 Å². The van der Waals surface area contributed by atoms with Crippen molar-refractivity contribution >= 4 is 5.91 Å². The summed E-state index contributed by atoms with van der Waals surface area (Å²) in [6, 6.07) is 0. The van der Waals surface area contributed by atoms with Crippen LogP contribution in [0.3, 0.4) is 0 Å². The van der Waals surface area contributed by atoms with Gasteiger partial charge in [0.05, 0.1) is 12.2 Å². The second kappa shape index (κ2) is 11.9. The number of likely N-dealkylation sites (tertiary alicyclic amines) is 1. The summed E-state index contributed by atoms with van der Waals surface area (Å²) in [5.74, 6) is 7.51. The van der Waals surface area contributed by atoms with Crippen molar-refractivity contribution in [3.63, 3.8) is 0 Å². The molecular formula is C27H41NO3. The lowest BCUT2D eigenvalue weighted by Crippen LogP contribution is -2.35. The van der Waals surface area contributed by atoms with Gasteiger partial charge in [0.1, 0.15) is 0 Å². The molecule has 0 spiro atoms. The van der Waals surface area contributed by atoms with Gasteiger partial charge in [0.2, 0.25) is 5.91 Å². The van der Waals surface area contributed by atoms with Crippen molar-refractivity contribution in [1.82, 2.24) is 4.90 Å². The first kappa shape index (κ1) is 24.1. The molecule has 2 saturated carbocycles. The molecule has 3 aliphatic rings. The number of fused-ring (bicyclic) bond motifs is 1. The van der Waals surface area contributed by atoms with Crippen LogP contribution in [-0.2, 0) is 4.79 Å². The normalized spacial score (nSPS) is 31.5. The van der Waals surface area contributed by atoms with Crippen LogP contribution in [0.1, 0.15) is 78.1 Å². The Morgan fingerprint density at radius 1 is 1.26 bits per heavy atom. The van der Waals surface area contributed by atoms with Crippen LogP contribution in [0.15, 0.2) is 23.8 Å². The molecule has 3 fully saturated rings. The molecule has 172 valence electrons. The van der Waals surface area contributed by atoms with Gasteiger partial charge in [-0.15, -0.1) is 11.8 Å². The Balaban J connectivity index is 1.45. The van der Waals surface area contributed by atoms with Gasteiger partial charge < -0.3 is 15.1 Å². The van der Waals surface area contributed by atoms with Gasteiger partial charge in [-0.05, 0) is 76.0 Å². The lowest BCUT2D eigenvalue weighted by molar-refractivity contribution is -0.132. The predicted molar refractivity (Wildman–Crippen MR) is 125 cm³/mol. The average molecular weight is 428 g/mol. The lowest BCUT2D eigenvalue weighted by atomic mass is 9.89. The minimum Gasteiger partial charge on any atom is -0.392 e. The number of hydrogen-bond donors (Lipinski definition) is 2. The van der Waals surface area contributed by atoms with E-state index in [1.165, 1.54) is 12.0 Å². The van der Waals surface area contributed by atoms with Crippen molar-refractivity contribution < 1.29 is 15.0 Å². The molecule has 1 saturated heterocycles. The molecular weight excluding hydrogens is 386 g/mol. The maximum atomic E-state index is 12.3. The SMILES string of the molecule is CC#CC[C@H](C)[C@H](O)/C=C/[C@@H]1[C@H]2C/C(=C/CCCC(=O)N3CCCCC3)C[C@H]2C[C@H]1O. The van der Waals surface area contributed by atoms with E-state index < -0.39 is 6.10 Å². The Kier molecular flexibility index (Phi) is 9.23. The number of piperidine rings is 1. The van der Waals surface area contributed by atoms with Gasteiger partial charge in [0, 0.05) is 31.8 Å². The van der Waals surface area contributed by atoms with Crippen molar-refractivity contribution in [2.45, 2.75) is 90.3 Å². The zero-order chi connectivity index (χ0) is 22.2. The number of carbonyl (C=O) groups excluding carboxylic acids is 1. The number of allylic oxidation sites excluding steroid dienone is 2. The molecule has 1 aliphatic heterocycles. The third kappa shape index (κ3) is 6.70. The first-order valence-electron chi connectivity index (χ1n) is 12.4. The number of carbonyl (C=O) groups is 1. The Labute approximate surface area is 188 Å². The van der Waals surface area contributed by atoms with Gasteiger partial charge in [0.25, 0.3) is 0 Å². The fraction of sp³-hybridized carbons (Fsp3) is 0.741. The largest absolute Gasteiger partial charge is 0.392 e. The van der Waals surface area contributed by atoms with Gasteiger partial charge in [-0.25, -0.2) is 0 Å². The number of aliphatic hydroxyl groups excluding tert-OH is 2. The van der Waals surface area contributed by atoms with E-state index in [2.05, 4.69) is 24.0 Å². The van der Waals surface area contributed by atoms with Crippen LogP contribution >= 0.6 is 0 Å². The molecule has 31 heavy (non-hydrogen) atoms. The minimum absolute atomic E-state index is 0.102. The Bertz CT molecular complexity index is 710. The molecule has 3 rings (SSSR count). The fourth-order valence-electron chi connectivity index (χ4n) is 5.62. The highest BCUT2D eigenvalue weighted by atomic mass is 16.3. The van der Waals surface area contributed by atoms with Crippen molar-refractivity contribution in [2.75, 3.05) is 13.1 Å². The minimum atomic E-state index is -0.513. The molecule has 1 amide bonds. The van der Waals surface area contributed by atoms with E-state index in [1.54, 1.807) is 0 Å². The molecule has 2 N–H and O–H groups in total. The summed E-state index contributed by atoms with van der Waals surface area (Å²) in [6.45, 7) is 5.72. The Morgan fingerprint density at radius 3 is 2.77 bits per heavy atom. The summed E-state index contributed by atoms with van der Waals surface area (Å²) in [4.78, 5) is 14.3. The number of hydrogen-bond acceptors (Lipinski definition) is 3. The number of nitrogens with zero attached hydrogens (tertiary/aromatic N) is 1. The number of aliphatic hydroxyl groups is 2. The number of unbranched alkanes of at least 4 members (excludes halogenated alkanes) is 1. The van der Waals surface area contributed by atoms with Gasteiger partial charge in [-0.1, -0.05) is 30.7 Å². The topological polar surface area (TPSA) is 60.8 Å². The summed E-state index contributed by atoms with van der Waals surface area (Å²) in [5, 5.41) is 20.9. The van der Waals surface area contributed by atoms with E-state index in [-0.39, 0.29) is 17.9 Å². The average Bonchev–Trinajstić information content (AvgIpc) is 3.30. The third-order valence-electron chi connectivity index (χ3n) is 7.56. The van der Waals surface area contributed by atoms with Crippen LogP contribution in [-0.4, -0.2) is 46.3 Å². The summed E-state index contributed by atoms with van der Waals surface area (Å²) >= 11 is 0. The first-order chi connectivity index (χ1) is 15.0. The summed E-state index contributed by atoms with van der Waals surface area (Å²) in [5.41, 5.74) is 1.50. The van der Waals surface area contributed by atoms with Crippen LogP contribution in [0.25, 0.3) is 0 Å². The molecule has 4 heteroatoms. The first-order valence-corrected chi connectivity index (χ1v) is 12.4. The second-order valence-corrected chi connectivity index (χ2v) is 9.89. The molecule has 0 aromatic heterocycles. The Morgan fingerprint density at radius 2 is 2.03 bits per heavy atom. The molecule has 1 heterocycles. The molecule has 4 nitrogen and oxygen atoms in total. The molecule has 0 aromatic rings. The maximum Gasteiger partial charge on any atom is 0.222 e. The number of amides is 1. The molecule has 0 bridgehead atoms. The van der Waals surface area contributed by atoms with E-state index in [4.69, 9.17) is 0 Å². The standard InChI is InChI=1S/C27H41NO3/c1-3-4-10-20(2)25(29)14-13-23-24-18-21(17-22(24)19-26(23)30)11-6-7-12-27(31)28-15-8-5-9-16-28/h11,13-14,20,22-26,29-30H,5-10,12,15-19H2,1-2H3/b14-13+,21-11+/t20-,22-,23+,24-,25+,26+/m0/s1. The Hall–Kier alpha value is -1.57. The van der Waals surface area contributed by atoms with E-state index >= 15 is 0 Å². The molecule has 0 unspecified atom stereocenters. The highest BCUT2D eigenvalue weighted by molar-refractivity contribution is 5.76. The third-order valence-corrected chi connectivity index (χ3v) is 7.56. The quantitative estimate of drug-likeness (QED) is 0.341. The monoisotopic (exact) mass is 427 g/mol. The zero-order valence-corrected chi connectivity index (χ0v) is 19.4. The van der Waals surface area contributed by atoms with E-state index in [0.29, 0.717) is 30.6 Å². The summed E-state index contributed by atoms with van der Waals surface area (Å²) in [6.07, 6.45) is 15.3. The zero-order valence-electron chi connectivity index (χ0n) is 19.4. The van der Waals surface area contributed by atoms with Crippen molar-refractivity contribution in [1.29, 1.82) is 0 Å². The fourth-order valence-corrected chi connectivity index (χ4v) is 5.62. The highest BCUT2D eigenvalue weighted by Gasteiger charge is 2.45. The highest BCUT2D eigenvalue weighted by Crippen LogP contribution is 2.50. The molecule has 2 aliphatic carbocycles. The van der Waals surface area contributed by atoms with E-state index in [1.807, 2.05) is 24.8 Å². The van der Waals surface area contributed by atoms with E-state index in [9.17, 15) is 15.0 Å². The van der Waals surface area contributed by atoms with Gasteiger partial charge in [0.15, 0.2) is 0 Å². The van der Waals surface area contributed by atoms with E-state index in [0.717, 1.165) is 58.0 Å². The van der Waals surface area contributed by atoms with Gasteiger partial charge >= 0.3 is 0 Å². The molecule has 6 atom stereocenters. The van der Waals surface area contributed by atoms with Crippen LogP contribution in [0.4, 0.5) is 0 Å². The summed E-state index contributed by atoms with van der Waals surface area (Å²) in [7, 11) is 0.